The fraction of sp³-hybridized carbons (Fsp3) is 0.667. The molecule has 0 fully saturated rings. The van der Waals surface area contributed by atoms with Crippen LogP contribution in [0.4, 0.5) is 0 Å². The van der Waals surface area contributed by atoms with Gasteiger partial charge in [0.25, 0.3) is 0 Å². The second-order valence-corrected chi connectivity index (χ2v) is 2.86. The molecule has 1 N–H and O–H groups in total. The summed E-state index contributed by atoms with van der Waals surface area (Å²) in [5, 5.41) is 3.08. The van der Waals surface area contributed by atoms with E-state index < -0.39 is 0 Å². The minimum absolute atomic E-state index is 0.314. The highest BCUT2D eigenvalue weighted by atomic mass is 16.5. The third-order valence-electron chi connectivity index (χ3n) is 1.29. The van der Waals surface area contributed by atoms with Gasteiger partial charge < -0.3 is 10.1 Å². The summed E-state index contributed by atoms with van der Waals surface area (Å²) in [6, 6.07) is 0.358. The molecule has 0 bridgehead atoms. The van der Waals surface area contributed by atoms with Crippen molar-refractivity contribution in [2.45, 2.75) is 26.8 Å². The molecule has 0 saturated carbocycles. The molecule has 0 aliphatic carbocycles. The van der Waals surface area contributed by atoms with Crippen LogP contribution in [0.5, 0.6) is 0 Å². The van der Waals surface area contributed by atoms with Crippen LogP contribution in [0.1, 0.15) is 20.8 Å². The Morgan fingerprint density at radius 2 is 2.17 bits per heavy atom. The first-order chi connectivity index (χ1) is 5.57. The van der Waals surface area contributed by atoms with Gasteiger partial charge in [-0.2, -0.15) is 0 Å². The lowest BCUT2D eigenvalue weighted by molar-refractivity contribution is -0.138. The molecule has 0 aromatic heterocycles. The highest BCUT2D eigenvalue weighted by molar-refractivity contribution is 5.88. The van der Waals surface area contributed by atoms with Crippen LogP contribution in [0.15, 0.2) is 12.2 Å². The summed E-state index contributed by atoms with van der Waals surface area (Å²) in [4.78, 5) is 11.0. The van der Waals surface area contributed by atoms with E-state index in [1.54, 1.807) is 6.92 Å². The first-order valence-electron chi connectivity index (χ1n) is 4.16. The maximum Gasteiger partial charge on any atom is 0.334 e. The number of ether oxygens (including phenoxy) is 1. The summed E-state index contributed by atoms with van der Waals surface area (Å²) < 4.78 is 4.76. The predicted octanol–water partition coefficient (Wildman–Crippen LogP) is 1.10. The molecule has 0 unspecified atom stereocenters. The molecule has 0 heterocycles. The number of hydrogen-bond donors (Lipinski definition) is 1. The molecule has 3 heteroatoms. The van der Waals surface area contributed by atoms with Gasteiger partial charge in [0.1, 0.15) is 0 Å². The molecule has 3 nitrogen and oxygen atoms in total. The highest BCUT2D eigenvalue weighted by Gasteiger charge is 2.06. The topological polar surface area (TPSA) is 38.3 Å². The molecule has 0 aromatic carbocycles. The first-order valence-corrected chi connectivity index (χ1v) is 4.16. The van der Waals surface area contributed by atoms with Crippen LogP contribution in [0.3, 0.4) is 0 Å². The van der Waals surface area contributed by atoms with Crippen LogP contribution in [-0.4, -0.2) is 25.2 Å². The van der Waals surface area contributed by atoms with E-state index in [4.69, 9.17) is 4.74 Å². The highest BCUT2D eigenvalue weighted by Crippen LogP contribution is 1.93. The first kappa shape index (κ1) is 11.2. The van der Waals surface area contributed by atoms with Crippen molar-refractivity contribution in [3.63, 3.8) is 0 Å². The van der Waals surface area contributed by atoms with Crippen LogP contribution in [0, 0.1) is 0 Å². The molecule has 70 valence electrons. The van der Waals surface area contributed by atoms with Crippen LogP contribution in [0.25, 0.3) is 0 Å². The molecule has 12 heavy (non-hydrogen) atoms. The molecule has 0 aromatic rings. The summed E-state index contributed by atoms with van der Waals surface area (Å²) in [6.07, 6.45) is 0. The quantitative estimate of drug-likeness (QED) is 0.497. The van der Waals surface area contributed by atoms with Crippen molar-refractivity contribution in [2.75, 3.05) is 13.2 Å². The monoisotopic (exact) mass is 171 g/mol. The molecule has 0 amide bonds. The van der Waals surface area contributed by atoms with Crippen LogP contribution >= 0.6 is 0 Å². The molecular formula is C9H17NO2. The van der Waals surface area contributed by atoms with Gasteiger partial charge in [0.05, 0.1) is 6.61 Å². The predicted molar refractivity (Wildman–Crippen MR) is 48.9 cm³/mol. The van der Waals surface area contributed by atoms with E-state index in [1.165, 1.54) is 0 Å². The molecule has 0 spiro atoms. The lowest BCUT2D eigenvalue weighted by Crippen LogP contribution is -2.27. The maximum atomic E-state index is 11.0. The van der Waals surface area contributed by atoms with Crippen LogP contribution in [0.2, 0.25) is 0 Å². The third-order valence-corrected chi connectivity index (χ3v) is 1.29. The lowest BCUT2D eigenvalue weighted by atomic mass is 10.3. The van der Waals surface area contributed by atoms with Gasteiger partial charge in [0, 0.05) is 18.2 Å². The number of hydrogen-bond acceptors (Lipinski definition) is 3. The van der Waals surface area contributed by atoms with Crippen molar-refractivity contribution in [3.05, 3.63) is 12.2 Å². The second-order valence-electron chi connectivity index (χ2n) is 2.86. The zero-order valence-electron chi connectivity index (χ0n) is 8.02. The van der Waals surface area contributed by atoms with Gasteiger partial charge in [0.15, 0.2) is 0 Å². The van der Waals surface area contributed by atoms with E-state index in [2.05, 4.69) is 11.9 Å². The molecule has 0 saturated heterocycles. The van der Waals surface area contributed by atoms with Gasteiger partial charge in [0.2, 0.25) is 0 Å². The number of rotatable bonds is 5. The van der Waals surface area contributed by atoms with E-state index in [-0.39, 0.29) is 5.97 Å². The average Bonchev–Trinajstić information content (AvgIpc) is 2.00. The smallest absolute Gasteiger partial charge is 0.334 e. The Hall–Kier alpha value is -0.830. The van der Waals surface area contributed by atoms with E-state index in [0.29, 0.717) is 24.8 Å². The number of carbonyl (C=O) groups excluding carboxylic acids is 1. The summed E-state index contributed by atoms with van der Waals surface area (Å²) in [6.45, 7) is 10.3. The van der Waals surface area contributed by atoms with Crippen molar-refractivity contribution in [1.29, 1.82) is 0 Å². The van der Waals surface area contributed by atoms with Crippen LogP contribution < -0.4 is 5.32 Å². The Morgan fingerprint density at radius 3 is 2.58 bits per heavy atom. The third kappa shape index (κ3) is 4.91. The van der Waals surface area contributed by atoms with E-state index in [9.17, 15) is 4.79 Å². The average molecular weight is 171 g/mol. The van der Waals surface area contributed by atoms with Crippen molar-refractivity contribution in [3.8, 4) is 0 Å². The lowest BCUT2D eigenvalue weighted by Gasteiger charge is -2.09. The number of carbonyl (C=O) groups is 1. The standard InChI is InChI=1S/C9H17NO2/c1-5-12-9(11)8(4)6-10-7(2)3/h7,10H,4-6H2,1-3H3. The Balaban J connectivity index is 3.65. The number of nitrogens with one attached hydrogen (secondary N) is 1. The minimum Gasteiger partial charge on any atom is -0.463 e. The zero-order chi connectivity index (χ0) is 9.56. The molecule has 0 rings (SSSR count). The van der Waals surface area contributed by atoms with Crippen molar-refractivity contribution in [1.82, 2.24) is 5.32 Å². The van der Waals surface area contributed by atoms with Crippen LogP contribution in [-0.2, 0) is 9.53 Å². The molecule has 0 aliphatic rings. The van der Waals surface area contributed by atoms with E-state index >= 15 is 0 Å². The Bertz CT molecular complexity index is 164. The number of esters is 1. The summed E-state index contributed by atoms with van der Waals surface area (Å²) in [5.41, 5.74) is 0.477. The Morgan fingerprint density at radius 1 is 1.58 bits per heavy atom. The van der Waals surface area contributed by atoms with Gasteiger partial charge in [-0.1, -0.05) is 20.4 Å². The summed E-state index contributed by atoms with van der Waals surface area (Å²) in [7, 11) is 0. The molecular weight excluding hydrogens is 154 g/mol. The fourth-order valence-electron chi connectivity index (χ4n) is 0.633. The zero-order valence-corrected chi connectivity index (χ0v) is 8.02. The van der Waals surface area contributed by atoms with Gasteiger partial charge in [-0.15, -0.1) is 0 Å². The van der Waals surface area contributed by atoms with Gasteiger partial charge in [-0.3, -0.25) is 0 Å². The molecule has 0 aliphatic heterocycles. The van der Waals surface area contributed by atoms with Gasteiger partial charge >= 0.3 is 5.97 Å². The normalized spacial score (nSPS) is 10.0. The van der Waals surface area contributed by atoms with Crippen molar-refractivity contribution >= 4 is 5.97 Å². The Kier molecular flexibility index (Phi) is 5.37. The molecule has 0 atom stereocenters. The SMILES string of the molecule is C=C(CNC(C)C)C(=O)OCC. The van der Waals surface area contributed by atoms with E-state index in [1.807, 2.05) is 13.8 Å². The summed E-state index contributed by atoms with van der Waals surface area (Å²) in [5.74, 6) is -0.314. The summed E-state index contributed by atoms with van der Waals surface area (Å²) >= 11 is 0. The molecule has 0 radical (unpaired) electrons. The minimum atomic E-state index is -0.314. The Labute approximate surface area is 73.8 Å². The fourth-order valence-corrected chi connectivity index (χ4v) is 0.633. The largest absolute Gasteiger partial charge is 0.463 e. The van der Waals surface area contributed by atoms with Gasteiger partial charge in [-0.05, 0) is 6.92 Å². The van der Waals surface area contributed by atoms with Crippen molar-refractivity contribution in [2.24, 2.45) is 0 Å². The maximum absolute atomic E-state index is 11.0. The van der Waals surface area contributed by atoms with E-state index in [0.717, 1.165) is 0 Å². The van der Waals surface area contributed by atoms with Gasteiger partial charge in [-0.25, -0.2) is 4.79 Å². The van der Waals surface area contributed by atoms with Crippen molar-refractivity contribution < 1.29 is 9.53 Å². The second kappa shape index (κ2) is 5.77.